The summed E-state index contributed by atoms with van der Waals surface area (Å²) in [4.78, 5) is 23.9. The number of pyridine rings is 2. The number of carbonyl (C=O) groups is 1. The van der Waals surface area contributed by atoms with Gasteiger partial charge in [0.05, 0.1) is 11.4 Å². The van der Waals surface area contributed by atoms with Crippen molar-refractivity contribution in [1.29, 1.82) is 0 Å². The maximum atomic E-state index is 12.6. The van der Waals surface area contributed by atoms with Crippen molar-refractivity contribution in [2.45, 2.75) is 12.8 Å². The number of aromatic nitrogens is 2. The molecule has 174 valence electrons. The molecular formula is C32H25N3O. The molecular weight excluding hydrogens is 442 g/mol. The van der Waals surface area contributed by atoms with E-state index in [4.69, 9.17) is 9.97 Å². The third-order valence-corrected chi connectivity index (χ3v) is 6.64. The predicted molar refractivity (Wildman–Crippen MR) is 145 cm³/mol. The second-order valence-electron chi connectivity index (χ2n) is 9.01. The van der Waals surface area contributed by atoms with Crippen LogP contribution in [0.25, 0.3) is 44.8 Å². The van der Waals surface area contributed by atoms with Gasteiger partial charge in [-0.3, -0.25) is 14.8 Å². The van der Waals surface area contributed by atoms with E-state index in [2.05, 4.69) is 54.6 Å². The van der Waals surface area contributed by atoms with Gasteiger partial charge < -0.3 is 4.90 Å². The molecule has 5 aromatic rings. The first-order valence-electron chi connectivity index (χ1n) is 12.2. The van der Waals surface area contributed by atoms with Gasteiger partial charge in [-0.05, 0) is 47.9 Å². The first-order chi connectivity index (χ1) is 17.7. The maximum absolute atomic E-state index is 12.6. The van der Waals surface area contributed by atoms with Crippen LogP contribution < -0.4 is 4.90 Å². The smallest absolute Gasteiger partial charge is 0.227 e. The van der Waals surface area contributed by atoms with Crippen LogP contribution in [0.15, 0.2) is 116 Å². The fourth-order valence-corrected chi connectivity index (χ4v) is 4.71. The average molecular weight is 468 g/mol. The average Bonchev–Trinajstić information content (AvgIpc) is 3.40. The van der Waals surface area contributed by atoms with E-state index in [1.807, 2.05) is 65.8 Å². The number of benzene rings is 3. The van der Waals surface area contributed by atoms with Gasteiger partial charge in [0.1, 0.15) is 0 Å². The van der Waals surface area contributed by atoms with Gasteiger partial charge in [-0.2, -0.15) is 0 Å². The molecule has 0 unspecified atom stereocenters. The Hall–Kier alpha value is -4.57. The zero-order valence-corrected chi connectivity index (χ0v) is 19.8. The molecule has 2 aromatic heterocycles. The summed E-state index contributed by atoms with van der Waals surface area (Å²) >= 11 is 0. The summed E-state index contributed by atoms with van der Waals surface area (Å²) in [7, 11) is 0. The van der Waals surface area contributed by atoms with Gasteiger partial charge in [0.2, 0.25) is 5.91 Å². The molecule has 0 spiro atoms. The lowest BCUT2D eigenvalue weighted by atomic mass is 9.98. The lowest BCUT2D eigenvalue weighted by Crippen LogP contribution is -2.23. The highest BCUT2D eigenvalue weighted by Gasteiger charge is 2.23. The summed E-state index contributed by atoms with van der Waals surface area (Å²) in [5.41, 5.74) is 9.05. The lowest BCUT2D eigenvalue weighted by Gasteiger charge is -2.19. The highest BCUT2D eigenvalue weighted by Crippen LogP contribution is 2.34. The molecule has 4 nitrogen and oxygen atoms in total. The van der Waals surface area contributed by atoms with Gasteiger partial charge in [-0.15, -0.1) is 0 Å². The number of rotatable bonds is 5. The van der Waals surface area contributed by atoms with Gasteiger partial charge >= 0.3 is 0 Å². The minimum absolute atomic E-state index is 0.174. The zero-order valence-electron chi connectivity index (χ0n) is 19.8. The van der Waals surface area contributed by atoms with Gasteiger partial charge in [0.25, 0.3) is 0 Å². The molecule has 3 heterocycles. The molecule has 0 N–H and O–H groups in total. The maximum Gasteiger partial charge on any atom is 0.227 e. The summed E-state index contributed by atoms with van der Waals surface area (Å²) in [6.45, 7) is 0.748. The highest BCUT2D eigenvalue weighted by molar-refractivity contribution is 5.97. The van der Waals surface area contributed by atoms with Crippen LogP contribution in [0.2, 0.25) is 0 Å². The van der Waals surface area contributed by atoms with Crippen LogP contribution in [0.1, 0.15) is 12.8 Å². The molecule has 0 saturated carbocycles. The van der Waals surface area contributed by atoms with E-state index < -0.39 is 0 Å². The van der Waals surface area contributed by atoms with Crippen molar-refractivity contribution in [3.63, 3.8) is 0 Å². The van der Waals surface area contributed by atoms with Crippen LogP contribution in [0.3, 0.4) is 0 Å². The van der Waals surface area contributed by atoms with E-state index in [0.29, 0.717) is 6.42 Å². The SMILES string of the molecule is O=C1CCCN1c1cc(-c2ccc(-c3ccccc3)nc2)cc(-c2ccc(-c3ccccc3)nc2)c1. The number of nitrogens with zero attached hydrogens (tertiary/aromatic N) is 3. The van der Waals surface area contributed by atoms with Gasteiger partial charge in [0, 0.05) is 53.3 Å². The fourth-order valence-electron chi connectivity index (χ4n) is 4.71. The summed E-state index contributed by atoms with van der Waals surface area (Å²) in [6.07, 6.45) is 5.31. The molecule has 3 aromatic carbocycles. The van der Waals surface area contributed by atoms with Crippen molar-refractivity contribution in [2.75, 3.05) is 11.4 Å². The molecule has 1 aliphatic heterocycles. The summed E-state index contributed by atoms with van der Waals surface area (Å²) in [5, 5.41) is 0. The van der Waals surface area contributed by atoms with E-state index in [-0.39, 0.29) is 5.91 Å². The van der Waals surface area contributed by atoms with Gasteiger partial charge in [-0.25, -0.2) is 0 Å². The Morgan fingerprint density at radius 3 is 1.50 bits per heavy atom. The Kier molecular flexibility index (Phi) is 5.84. The highest BCUT2D eigenvalue weighted by atomic mass is 16.2. The third kappa shape index (κ3) is 4.41. The van der Waals surface area contributed by atoms with E-state index in [1.165, 1.54) is 0 Å². The van der Waals surface area contributed by atoms with Gasteiger partial charge in [0.15, 0.2) is 0 Å². The van der Waals surface area contributed by atoms with Crippen molar-refractivity contribution in [3.8, 4) is 44.8 Å². The largest absolute Gasteiger partial charge is 0.312 e. The van der Waals surface area contributed by atoms with Crippen molar-refractivity contribution in [1.82, 2.24) is 9.97 Å². The van der Waals surface area contributed by atoms with Crippen LogP contribution in [-0.2, 0) is 4.79 Å². The van der Waals surface area contributed by atoms with E-state index in [0.717, 1.165) is 63.4 Å². The predicted octanol–water partition coefficient (Wildman–Crippen LogP) is 7.27. The molecule has 1 fully saturated rings. The number of carbonyl (C=O) groups excluding carboxylic acids is 1. The quantitative estimate of drug-likeness (QED) is 0.273. The molecule has 1 aliphatic rings. The minimum Gasteiger partial charge on any atom is -0.312 e. The monoisotopic (exact) mass is 467 g/mol. The number of anilines is 1. The van der Waals surface area contributed by atoms with E-state index in [9.17, 15) is 4.79 Å². The Morgan fingerprint density at radius 2 is 1.08 bits per heavy atom. The Balaban J connectivity index is 1.39. The second-order valence-corrected chi connectivity index (χ2v) is 9.01. The normalized spacial score (nSPS) is 13.2. The Labute approximate surface area is 210 Å². The van der Waals surface area contributed by atoms with Gasteiger partial charge in [-0.1, -0.05) is 72.8 Å². The molecule has 6 rings (SSSR count). The minimum atomic E-state index is 0.174. The number of amides is 1. The number of hydrogen-bond acceptors (Lipinski definition) is 3. The van der Waals surface area contributed by atoms with Crippen LogP contribution in [0, 0.1) is 0 Å². The fraction of sp³-hybridized carbons (Fsp3) is 0.0938. The molecule has 0 bridgehead atoms. The van der Waals surface area contributed by atoms with Crippen LogP contribution in [0.5, 0.6) is 0 Å². The van der Waals surface area contributed by atoms with Crippen molar-refractivity contribution >= 4 is 11.6 Å². The third-order valence-electron chi connectivity index (χ3n) is 6.64. The van der Waals surface area contributed by atoms with Crippen LogP contribution in [0.4, 0.5) is 5.69 Å². The summed E-state index contributed by atoms with van der Waals surface area (Å²) in [6, 6.07) is 35.0. The molecule has 0 atom stereocenters. The van der Waals surface area contributed by atoms with Crippen LogP contribution >= 0.6 is 0 Å². The van der Waals surface area contributed by atoms with Crippen molar-refractivity contribution in [3.05, 3.63) is 116 Å². The van der Waals surface area contributed by atoms with E-state index >= 15 is 0 Å². The Bertz CT molecular complexity index is 1390. The second kappa shape index (κ2) is 9.59. The molecule has 36 heavy (non-hydrogen) atoms. The molecule has 0 aliphatic carbocycles. The molecule has 4 heteroatoms. The standard InChI is InChI=1S/C32H25N3O/c36-32-12-7-17-35(32)29-19-27(25-13-15-30(33-21-25)23-8-3-1-4-9-23)18-28(20-29)26-14-16-31(34-22-26)24-10-5-2-6-11-24/h1-6,8-11,13-16,18-22H,7,12,17H2. The van der Waals surface area contributed by atoms with Crippen LogP contribution in [-0.4, -0.2) is 22.4 Å². The zero-order chi connectivity index (χ0) is 24.3. The lowest BCUT2D eigenvalue weighted by molar-refractivity contribution is -0.117. The molecule has 1 saturated heterocycles. The van der Waals surface area contributed by atoms with Crippen molar-refractivity contribution in [2.24, 2.45) is 0 Å². The summed E-state index contributed by atoms with van der Waals surface area (Å²) in [5.74, 6) is 0.174. The summed E-state index contributed by atoms with van der Waals surface area (Å²) < 4.78 is 0. The first-order valence-corrected chi connectivity index (χ1v) is 12.2. The van der Waals surface area contributed by atoms with Crippen molar-refractivity contribution < 1.29 is 4.79 Å². The molecule has 1 amide bonds. The Morgan fingerprint density at radius 1 is 0.556 bits per heavy atom. The topological polar surface area (TPSA) is 46.1 Å². The van der Waals surface area contributed by atoms with E-state index in [1.54, 1.807) is 0 Å². The first kappa shape index (κ1) is 21.9. The number of hydrogen-bond donors (Lipinski definition) is 0. The molecule has 0 radical (unpaired) electrons.